The lowest BCUT2D eigenvalue weighted by Crippen LogP contribution is -2.55. The molecule has 2 unspecified atom stereocenters. The molecule has 0 spiro atoms. The Bertz CT molecular complexity index is 528. The van der Waals surface area contributed by atoms with E-state index in [9.17, 15) is 14.4 Å². The highest BCUT2D eigenvalue weighted by atomic mass is 16.4. The number of carboxylic acids is 2. The predicted molar refractivity (Wildman–Crippen MR) is 71.5 cm³/mol. The predicted octanol–water partition coefficient (Wildman–Crippen LogP) is -1.09. The average molecular weight is 308 g/mol. The second kappa shape index (κ2) is 8.08. The molecule has 2 atom stereocenters. The summed E-state index contributed by atoms with van der Waals surface area (Å²) in [5.74, 6) is -3.07. The Balaban J connectivity index is 2.63. The van der Waals surface area contributed by atoms with Crippen molar-refractivity contribution in [2.75, 3.05) is 26.2 Å². The van der Waals surface area contributed by atoms with Gasteiger partial charge < -0.3 is 10.2 Å². The summed E-state index contributed by atoms with van der Waals surface area (Å²) in [7, 11) is 0. The first-order valence-electron chi connectivity index (χ1n) is 6.64. The van der Waals surface area contributed by atoms with Gasteiger partial charge in [-0.15, -0.1) is 0 Å². The number of rotatable bonds is 7. The third-order valence-corrected chi connectivity index (χ3v) is 3.54. The number of hydrogen-bond acceptors (Lipinski definition) is 7. The third kappa shape index (κ3) is 4.81. The number of aliphatic carboxylic acids is 2. The maximum atomic E-state index is 11.1. The van der Waals surface area contributed by atoms with Gasteiger partial charge in [-0.1, -0.05) is 0 Å². The maximum Gasteiger partial charge on any atom is 0.321 e. The Kier molecular flexibility index (Phi) is 6.45. The Hall–Kier alpha value is -2.49. The first-order valence-corrected chi connectivity index (χ1v) is 6.64. The van der Waals surface area contributed by atoms with E-state index in [0.717, 1.165) is 0 Å². The molecule has 9 heteroatoms. The molecule has 2 N–H and O–H groups in total. The van der Waals surface area contributed by atoms with Crippen LogP contribution in [0, 0.1) is 22.7 Å². The molecule has 0 aliphatic carbocycles. The number of Topliss-reactive ketones (excluding diaryl/α,β-unsaturated/α-hetero) is 1. The smallest absolute Gasteiger partial charge is 0.321 e. The van der Waals surface area contributed by atoms with Crippen molar-refractivity contribution in [2.24, 2.45) is 0 Å². The summed E-state index contributed by atoms with van der Waals surface area (Å²) in [4.78, 5) is 36.2. The molecule has 0 aromatic rings. The van der Waals surface area contributed by atoms with Gasteiger partial charge in [-0.3, -0.25) is 24.2 Å². The molecule has 0 saturated carbocycles. The third-order valence-electron chi connectivity index (χ3n) is 3.54. The van der Waals surface area contributed by atoms with Crippen molar-refractivity contribution >= 4 is 17.7 Å². The molecule has 1 aliphatic heterocycles. The molecule has 118 valence electrons. The van der Waals surface area contributed by atoms with E-state index in [1.54, 1.807) is 4.90 Å². The van der Waals surface area contributed by atoms with Gasteiger partial charge in [-0.25, -0.2) is 0 Å². The lowest BCUT2D eigenvalue weighted by molar-refractivity contribution is -0.150. The van der Waals surface area contributed by atoms with Gasteiger partial charge in [0.25, 0.3) is 0 Å². The molecular formula is C13H16N4O5. The van der Waals surface area contributed by atoms with Crippen LogP contribution in [0.3, 0.4) is 0 Å². The molecule has 0 amide bonds. The second-order valence-electron chi connectivity index (χ2n) is 4.91. The number of nitriles is 2. The van der Waals surface area contributed by atoms with Gasteiger partial charge in [-0.2, -0.15) is 10.5 Å². The van der Waals surface area contributed by atoms with Crippen LogP contribution >= 0.6 is 0 Å². The van der Waals surface area contributed by atoms with Crippen LogP contribution in [-0.4, -0.2) is 76.0 Å². The van der Waals surface area contributed by atoms with Crippen LogP contribution in [0.4, 0.5) is 0 Å². The van der Waals surface area contributed by atoms with E-state index in [1.807, 2.05) is 6.07 Å². The van der Waals surface area contributed by atoms with Crippen molar-refractivity contribution in [2.45, 2.75) is 24.9 Å². The summed E-state index contributed by atoms with van der Waals surface area (Å²) in [5.41, 5.74) is 0. The molecule has 1 rings (SSSR count). The van der Waals surface area contributed by atoms with E-state index in [1.165, 1.54) is 11.0 Å². The Morgan fingerprint density at radius 1 is 1.00 bits per heavy atom. The minimum Gasteiger partial charge on any atom is -0.481 e. The van der Waals surface area contributed by atoms with Crippen molar-refractivity contribution < 1.29 is 24.6 Å². The largest absolute Gasteiger partial charge is 0.481 e. The summed E-state index contributed by atoms with van der Waals surface area (Å²) < 4.78 is 0. The van der Waals surface area contributed by atoms with E-state index in [0.29, 0.717) is 13.1 Å². The molecular weight excluding hydrogens is 292 g/mol. The van der Waals surface area contributed by atoms with Crippen LogP contribution in [0.5, 0.6) is 0 Å². The summed E-state index contributed by atoms with van der Waals surface area (Å²) in [6.45, 7) is 1.23. The van der Waals surface area contributed by atoms with Gasteiger partial charge in [0.05, 0.1) is 12.5 Å². The highest BCUT2D eigenvalue weighted by Gasteiger charge is 2.33. The highest BCUT2D eigenvalue weighted by molar-refractivity contribution is 5.93. The first kappa shape index (κ1) is 17.6. The normalized spacial score (nSPS) is 18.6. The topological polar surface area (TPSA) is 146 Å². The zero-order chi connectivity index (χ0) is 16.7. The molecule has 1 aliphatic rings. The Morgan fingerprint density at radius 2 is 1.55 bits per heavy atom. The number of carboxylic acid groups (broad SMARTS) is 2. The second-order valence-corrected chi connectivity index (χ2v) is 4.91. The van der Waals surface area contributed by atoms with Gasteiger partial charge in [0.15, 0.2) is 0 Å². The highest BCUT2D eigenvalue weighted by Crippen LogP contribution is 2.13. The van der Waals surface area contributed by atoms with Crippen LogP contribution < -0.4 is 0 Å². The lowest BCUT2D eigenvalue weighted by Gasteiger charge is -2.38. The fourth-order valence-electron chi connectivity index (χ4n) is 2.38. The molecule has 0 aromatic carbocycles. The number of ketones is 1. The quantitative estimate of drug-likeness (QED) is 0.560. The Morgan fingerprint density at radius 3 is 1.95 bits per heavy atom. The van der Waals surface area contributed by atoms with Crippen molar-refractivity contribution in [1.82, 2.24) is 9.80 Å². The number of nitrogens with zero attached hydrogens (tertiary/aromatic N) is 4. The molecule has 0 bridgehead atoms. The lowest BCUT2D eigenvalue weighted by atomic mass is 10.1. The van der Waals surface area contributed by atoms with Crippen LogP contribution in [0.25, 0.3) is 0 Å². The molecule has 0 aromatic heterocycles. The molecule has 22 heavy (non-hydrogen) atoms. The number of carbonyl (C=O) groups is 3. The van der Waals surface area contributed by atoms with E-state index < -0.39 is 36.2 Å². The van der Waals surface area contributed by atoms with E-state index in [4.69, 9.17) is 20.7 Å². The van der Waals surface area contributed by atoms with E-state index in [2.05, 4.69) is 0 Å². The van der Waals surface area contributed by atoms with Gasteiger partial charge in [0.2, 0.25) is 5.78 Å². The van der Waals surface area contributed by atoms with Crippen molar-refractivity contribution in [3.63, 3.8) is 0 Å². The standard InChI is InChI=1S/C13H16N4O5/c14-7-9(5-10(18)8-15)16-1-3-17(4-2-16)11(13(21)22)6-12(19)20/h9,11H,1-6H2,(H,19,20)(H,21,22). The minimum absolute atomic E-state index is 0.190. The summed E-state index contributed by atoms with van der Waals surface area (Å²) in [6, 6.07) is 1.59. The molecule has 1 heterocycles. The van der Waals surface area contributed by atoms with Crippen LogP contribution in [0.1, 0.15) is 12.8 Å². The maximum absolute atomic E-state index is 11.1. The average Bonchev–Trinajstić information content (AvgIpc) is 2.49. The fourth-order valence-corrected chi connectivity index (χ4v) is 2.38. The number of carbonyl (C=O) groups excluding carboxylic acids is 1. The minimum atomic E-state index is -1.20. The zero-order valence-electron chi connectivity index (χ0n) is 11.8. The van der Waals surface area contributed by atoms with Crippen molar-refractivity contribution in [1.29, 1.82) is 10.5 Å². The number of hydrogen-bond donors (Lipinski definition) is 2. The zero-order valence-corrected chi connectivity index (χ0v) is 11.8. The Labute approximate surface area is 126 Å². The molecule has 0 radical (unpaired) electrons. The van der Waals surface area contributed by atoms with Gasteiger partial charge in [0.1, 0.15) is 18.2 Å². The summed E-state index contributed by atoms with van der Waals surface area (Å²) in [5, 5.41) is 35.4. The van der Waals surface area contributed by atoms with Crippen LogP contribution in [0.15, 0.2) is 0 Å². The number of piperazine rings is 1. The van der Waals surface area contributed by atoms with E-state index >= 15 is 0 Å². The summed E-state index contributed by atoms with van der Waals surface area (Å²) >= 11 is 0. The van der Waals surface area contributed by atoms with E-state index in [-0.39, 0.29) is 19.5 Å². The SMILES string of the molecule is N#CC(=O)CC(C#N)N1CCN(C(CC(=O)O)C(=O)O)CC1. The summed E-state index contributed by atoms with van der Waals surface area (Å²) in [6.07, 6.45) is -0.686. The monoisotopic (exact) mass is 308 g/mol. The molecule has 1 saturated heterocycles. The van der Waals surface area contributed by atoms with Crippen molar-refractivity contribution in [3.8, 4) is 12.1 Å². The fraction of sp³-hybridized carbons (Fsp3) is 0.615. The first-order chi connectivity index (χ1) is 10.4. The van der Waals surface area contributed by atoms with Gasteiger partial charge >= 0.3 is 11.9 Å². The van der Waals surface area contributed by atoms with Crippen LogP contribution in [-0.2, 0) is 14.4 Å². The van der Waals surface area contributed by atoms with Gasteiger partial charge in [0, 0.05) is 32.6 Å². The van der Waals surface area contributed by atoms with Crippen molar-refractivity contribution in [3.05, 3.63) is 0 Å². The van der Waals surface area contributed by atoms with Gasteiger partial charge in [-0.05, 0) is 0 Å². The molecule has 1 fully saturated rings. The molecule has 9 nitrogen and oxygen atoms in total. The van der Waals surface area contributed by atoms with Crippen LogP contribution in [0.2, 0.25) is 0 Å².